The summed E-state index contributed by atoms with van der Waals surface area (Å²) < 4.78 is 26.3. The van der Waals surface area contributed by atoms with Gasteiger partial charge >= 0.3 is 24.2 Å². The van der Waals surface area contributed by atoms with Crippen LogP contribution in [0.3, 0.4) is 0 Å². The van der Waals surface area contributed by atoms with Crippen LogP contribution >= 0.6 is 0 Å². The third-order valence-electron chi connectivity index (χ3n) is 5.97. The SMILES string of the molecule is CCOC(=O)COc1ccc(C(=O)[C@H](CO)NC(=O)c2ccc(C(=NC(=O)OC(C)(C)C)N(C(=O)OC(C)(C)C)C(=O)OC(C)(C)C)cc2)cc1. The standard InChI is InChI=1S/C36H47N3O12/c1-11-47-27(41)21-48-25-18-16-22(17-19-25)28(42)26(20-40)37-30(43)24-14-12-23(13-15-24)29(38-31(44)49-34(2,3)4)39(32(45)50-35(5,6)7)33(46)51-36(8,9)10/h12-19,26,40H,11,20-21H2,1-10H3,(H,37,43)/t26-/m0/s1. The van der Waals surface area contributed by atoms with Crippen LogP contribution in [0.5, 0.6) is 5.75 Å². The van der Waals surface area contributed by atoms with Gasteiger partial charge in [-0.15, -0.1) is 0 Å². The van der Waals surface area contributed by atoms with Crippen LogP contribution in [0.4, 0.5) is 14.4 Å². The molecule has 0 heterocycles. The Hall–Kier alpha value is -5.31. The first kappa shape index (κ1) is 41.9. The number of aliphatic hydroxyl groups is 1. The van der Waals surface area contributed by atoms with Gasteiger partial charge in [0.05, 0.1) is 13.2 Å². The lowest BCUT2D eigenvalue weighted by molar-refractivity contribution is -0.145. The van der Waals surface area contributed by atoms with E-state index in [9.17, 15) is 33.9 Å². The first-order chi connectivity index (χ1) is 23.5. The van der Waals surface area contributed by atoms with Gasteiger partial charge in [0.25, 0.3) is 5.91 Å². The van der Waals surface area contributed by atoms with Crippen molar-refractivity contribution in [2.75, 3.05) is 19.8 Å². The molecule has 1 atom stereocenters. The summed E-state index contributed by atoms with van der Waals surface area (Å²) in [6.45, 7) is 15.1. The number of amidine groups is 1. The molecular weight excluding hydrogens is 666 g/mol. The molecule has 0 aromatic heterocycles. The van der Waals surface area contributed by atoms with Gasteiger partial charge < -0.3 is 34.1 Å². The molecule has 2 aromatic rings. The van der Waals surface area contributed by atoms with E-state index in [0.717, 1.165) is 0 Å². The molecule has 15 nitrogen and oxygen atoms in total. The number of nitrogens with zero attached hydrogens (tertiary/aromatic N) is 2. The zero-order valence-corrected chi connectivity index (χ0v) is 30.6. The highest BCUT2D eigenvalue weighted by Crippen LogP contribution is 2.20. The number of esters is 1. The molecule has 51 heavy (non-hydrogen) atoms. The Bertz CT molecular complexity index is 1570. The summed E-state index contributed by atoms with van der Waals surface area (Å²) in [5.41, 5.74) is -2.90. The predicted octanol–water partition coefficient (Wildman–Crippen LogP) is 5.46. The molecule has 4 amide bonds. The maximum Gasteiger partial charge on any atom is 0.436 e. The number of rotatable bonds is 10. The first-order valence-electron chi connectivity index (χ1n) is 16.1. The molecule has 0 fully saturated rings. The number of aliphatic imine (C=N–C) groups is 1. The van der Waals surface area contributed by atoms with E-state index in [1.54, 1.807) is 69.2 Å². The molecule has 15 heteroatoms. The molecule has 2 aromatic carbocycles. The highest BCUT2D eigenvalue weighted by Gasteiger charge is 2.37. The van der Waals surface area contributed by atoms with E-state index >= 15 is 0 Å². The molecule has 0 aliphatic rings. The van der Waals surface area contributed by atoms with Crippen LogP contribution in [0.2, 0.25) is 0 Å². The lowest BCUT2D eigenvalue weighted by Gasteiger charge is -2.29. The number of aliphatic hydroxyl groups excluding tert-OH is 1. The summed E-state index contributed by atoms with van der Waals surface area (Å²) in [5, 5.41) is 12.4. The van der Waals surface area contributed by atoms with Gasteiger partial charge in [-0.05, 0) is 106 Å². The lowest BCUT2D eigenvalue weighted by Crippen LogP contribution is -2.47. The van der Waals surface area contributed by atoms with Gasteiger partial charge in [-0.3, -0.25) is 9.59 Å². The van der Waals surface area contributed by atoms with Gasteiger partial charge in [-0.25, -0.2) is 19.2 Å². The van der Waals surface area contributed by atoms with Crippen LogP contribution in [0.15, 0.2) is 53.5 Å². The fraction of sp³-hybridized carbons (Fsp3) is 0.472. The van der Waals surface area contributed by atoms with Gasteiger partial charge in [0.2, 0.25) is 0 Å². The zero-order chi connectivity index (χ0) is 38.7. The number of Topliss-reactive ketones (excluding diaryl/α,β-unsaturated/α-hetero) is 1. The topological polar surface area (TPSA) is 196 Å². The van der Waals surface area contributed by atoms with Crippen LogP contribution < -0.4 is 10.1 Å². The quantitative estimate of drug-likeness (QED) is 0.104. The van der Waals surface area contributed by atoms with E-state index in [-0.39, 0.29) is 29.9 Å². The van der Waals surface area contributed by atoms with Gasteiger partial charge in [-0.1, -0.05) is 12.1 Å². The number of ether oxygens (including phenoxy) is 5. The Balaban J connectivity index is 2.41. The van der Waals surface area contributed by atoms with Crippen molar-refractivity contribution in [3.8, 4) is 5.75 Å². The minimum absolute atomic E-state index is 0.0189. The molecule has 0 bridgehead atoms. The Morgan fingerprint density at radius 1 is 0.725 bits per heavy atom. The molecule has 2 rings (SSSR count). The maximum atomic E-state index is 13.4. The molecule has 0 aliphatic heterocycles. The summed E-state index contributed by atoms with van der Waals surface area (Å²) in [7, 11) is 0. The van der Waals surface area contributed by atoms with Crippen LogP contribution in [0.25, 0.3) is 0 Å². The Kier molecular flexibility index (Phi) is 14.4. The second-order valence-corrected chi connectivity index (χ2v) is 14.0. The number of hydrogen-bond acceptors (Lipinski definition) is 12. The fourth-order valence-electron chi connectivity index (χ4n) is 3.95. The number of imide groups is 1. The van der Waals surface area contributed by atoms with Crippen molar-refractivity contribution in [2.24, 2.45) is 4.99 Å². The average molecular weight is 714 g/mol. The second-order valence-electron chi connectivity index (χ2n) is 14.0. The normalized spacial score (nSPS) is 12.6. The van der Waals surface area contributed by atoms with E-state index in [2.05, 4.69) is 10.3 Å². The number of hydrogen-bond donors (Lipinski definition) is 2. The summed E-state index contributed by atoms with van der Waals surface area (Å²) >= 11 is 0. The molecule has 2 N–H and O–H groups in total. The number of ketones is 1. The third-order valence-corrected chi connectivity index (χ3v) is 5.97. The van der Waals surface area contributed by atoms with Crippen molar-refractivity contribution >= 4 is 41.8 Å². The monoisotopic (exact) mass is 713 g/mol. The van der Waals surface area contributed by atoms with Crippen molar-refractivity contribution in [3.05, 3.63) is 65.2 Å². The minimum atomic E-state index is -1.33. The maximum absolute atomic E-state index is 13.4. The molecule has 0 unspecified atom stereocenters. The highest BCUT2D eigenvalue weighted by atomic mass is 16.6. The molecule has 0 saturated carbocycles. The summed E-state index contributed by atoms with van der Waals surface area (Å²) in [6.07, 6.45) is -3.51. The molecule has 0 saturated heterocycles. The Morgan fingerprint density at radius 3 is 1.65 bits per heavy atom. The van der Waals surface area contributed by atoms with Crippen LogP contribution in [0.1, 0.15) is 95.5 Å². The molecule has 278 valence electrons. The highest BCUT2D eigenvalue weighted by molar-refractivity contribution is 6.18. The lowest BCUT2D eigenvalue weighted by atomic mass is 10.0. The van der Waals surface area contributed by atoms with E-state index < -0.39 is 71.2 Å². The Morgan fingerprint density at radius 2 is 1.20 bits per heavy atom. The van der Waals surface area contributed by atoms with E-state index in [0.29, 0.717) is 10.6 Å². The molecular formula is C36H47N3O12. The number of carbonyl (C=O) groups is 6. The van der Waals surface area contributed by atoms with Crippen molar-refractivity contribution in [2.45, 2.75) is 92.1 Å². The zero-order valence-electron chi connectivity index (χ0n) is 30.6. The largest absolute Gasteiger partial charge is 0.482 e. The van der Waals surface area contributed by atoms with Crippen LogP contribution in [-0.2, 0) is 23.7 Å². The molecule has 0 radical (unpaired) electrons. The minimum Gasteiger partial charge on any atom is -0.482 e. The van der Waals surface area contributed by atoms with Gasteiger partial charge in [0, 0.05) is 16.7 Å². The van der Waals surface area contributed by atoms with Crippen molar-refractivity contribution in [1.29, 1.82) is 0 Å². The predicted molar refractivity (Wildman–Crippen MR) is 185 cm³/mol. The third kappa shape index (κ3) is 14.2. The number of nitrogens with one attached hydrogen (secondary N) is 1. The second kappa shape index (κ2) is 17.6. The summed E-state index contributed by atoms with van der Waals surface area (Å²) in [5.74, 6) is -2.10. The van der Waals surface area contributed by atoms with Gasteiger partial charge in [-0.2, -0.15) is 9.89 Å². The summed E-state index contributed by atoms with van der Waals surface area (Å²) in [4.78, 5) is 81.9. The number of carbonyl (C=O) groups excluding carboxylic acids is 6. The first-order valence-corrected chi connectivity index (χ1v) is 16.1. The van der Waals surface area contributed by atoms with Crippen molar-refractivity contribution in [3.63, 3.8) is 0 Å². The van der Waals surface area contributed by atoms with Gasteiger partial charge in [0.15, 0.2) is 18.2 Å². The van der Waals surface area contributed by atoms with Crippen LogP contribution in [-0.4, -0.2) is 94.4 Å². The molecule has 0 spiro atoms. The van der Waals surface area contributed by atoms with Crippen LogP contribution in [0, 0.1) is 0 Å². The Labute approximate surface area is 297 Å². The van der Waals surface area contributed by atoms with Crippen molar-refractivity contribution < 1.29 is 57.6 Å². The van der Waals surface area contributed by atoms with E-state index in [4.69, 9.17) is 23.7 Å². The number of amides is 4. The number of benzene rings is 2. The van der Waals surface area contributed by atoms with E-state index in [1.807, 2.05) is 0 Å². The van der Waals surface area contributed by atoms with Gasteiger partial charge in [0.1, 0.15) is 28.6 Å². The summed E-state index contributed by atoms with van der Waals surface area (Å²) in [6, 6.07) is 9.62. The fourth-order valence-corrected chi connectivity index (χ4v) is 3.95. The smallest absolute Gasteiger partial charge is 0.436 e. The average Bonchev–Trinajstić information content (AvgIpc) is 2.99. The van der Waals surface area contributed by atoms with Crippen molar-refractivity contribution in [1.82, 2.24) is 10.2 Å². The molecule has 0 aliphatic carbocycles. The van der Waals surface area contributed by atoms with E-state index in [1.165, 1.54) is 48.5 Å².